The number of nitrogens with zero attached hydrogens (tertiary/aromatic N) is 2. The van der Waals surface area contributed by atoms with Crippen molar-refractivity contribution in [2.75, 3.05) is 6.54 Å². The fourth-order valence-corrected chi connectivity index (χ4v) is 3.64. The molecule has 0 bridgehead atoms. The number of hydrogen-bond acceptors (Lipinski definition) is 3. The molecule has 0 spiro atoms. The third-order valence-corrected chi connectivity index (χ3v) is 5.06. The van der Waals surface area contributed by atoms with Crippen LogP contribution in [0.5, 0.6) is 0 Å². The van der Waals surface area contributed by atoms with Crippen LogP contribution in [0.15, 0.2) is 59.0 Å². The molecule has 4 nitrogen and oxygen atoms in total. The van der Waals surface area contributed by atoms with E-state index in [2.05, 4.69) is 4.98 Å². The molecule has 0 aliphatic carbocycles. The van der Waals surface area contributed by atoms with Gasteiger partial charge in [-0.1, -0.05) is 30.3 Å². The Bertz CT molecular complexity index is 935. The average molecular weight is 364 g/mol. The second-order valence-corrected chi connectivity index (χ2v) is 6.86. The number of carbonyl (C=O) groups excluding carboxylic acids is 1. The van der Waals surface area contributed by atoms with Crippen LogP contribution in [0, 0.1) is 12.7 Å². The molecule has 1 aromatic heterocycles. The van der Waals surface area contributed by atoms with Crippen LogP contribution in [0.4, 0.5) is 4.39 Å². The van der Waals surface area contributed by atoms with Crippen LogP contribution in [-0.4, -0.2) is 22.3 Å². The molecule has 1 fully saturated rings. The van der Waals surface area contributed by atoms with Gasteiger partial charge in [-0.2, -0.15) is 0 Å². The van der Waals surface area contributed by atoms with E-state index in [0.717, 1.165) is 24.0 Å². The molecular weight excluding hydrogens is 343 g/mol. The van der Waals surface area contributed by atoms with Crippen molar-refractivity contribution in [1.29, 1.82) is 0 Å². The minimum Gasteiger partial charge on any atom is -0.441 e. The minimum atomic E-state index is -0.263. The van der Waals surface area contributed by atoms with Crippen molar-refractivity contribution < 1.29 is 13.6 Å². The molecular formula is C22H21FN2O2. The first-order chi connectivity index (χ1) is 13.1. The summed E-state index contributed by atoms with van der Waals surface area (Å²) in [6.45, 7) is 2.55. The van der Waals surface area contributed by atoms with Crippen molar-refractivity contribution in [3.05, 3.63) is 77.4 Å². The Balaban J connectivity index is 1.52. The van der Waals surface area contributed by atoms with E-state index < -0.39 is 0 Å². The number of rotatable bonds is 4. The third-order valence-electron chi connectivity index (χ3n) is 5.06. The van der Waals surface area contributed by atoms with Gasteiger partial charge in [-0.15, -0.1) is 0 Å². The normalized spacial score (nSPS) is 16.7. The van der Waals surface area contributed by atoms with E-state index in [4.69, 9.17) is 4.42 Å². The van der Waals surface area contributed by atoms with Crippen molar-refractivity contribution >= 4 is 5.91 Å². The summed E-state index contributed by atoms with van der Waals surface area (Å²) in [6, 6.07) is 16.1. The quantitative estimate of drug-likeness (QED) is 0.674. The van der Waals surface area contributed by atoms with Crippen molar-refractivity contribution in [3.8, 4) is 11.5 Å². The number of likely N-dealkylation sites (tertiary alicyclic amines) is 1. The Hall–Kier alpha value is -2.95. The Labute approximate surface area is 157 Å². The highest BCUT2D eigenvalue weighted by Gasteiger charge is 2.30. The second kappa shape index (κ2) is 7.35. The van der Waals surface area contributed by atoms with E-state index in [1.807, 2.05) is 42.2 Å². The van der Waals surface area contributed by atoms with Crippen molar-refractivity contribution in [1.82, 2.24) is 9.88 Å². The van der Waals surface area contributed by atoms with Crippen molar-refractivity contribution in [2.45, 2.75) is 32.2 Å². The van der Waals surface area contributed by atoms with E-state index in [-0.39, 0.29) is 24.2 Å². The lowest BCUT2D eigenvalue weighted by Crippen LogP contribution is -2.32. The molecule has 1 atom stereocenters. The van der Waals surface area contributed by atoms with Crippen LogP contribution in [0.25, 0.3) is 11.5 Å². The first-order valence-electron chi connectivity index (χ1n) is 9.18. The number of halogens is 1. The number of aryl methyl sites for hydroxylation is 1. The third kappa shape index (κ3) is 3.63. The lowest BCUT2D eigenvalue weighted by molar-refractivity contribution is -0.131. The van der Waals surface area contributed by atoms with E-state index in [9.17, 15) is 9.18 Å². The number of amides is 1. The highest BCUT2D eigenvalue weighted by Crippen LogP contribution is 2.33. The van der Waals surface area contributed by atoms with Crippen molar-refractivity contribution in [2.24, 2.45) is 0 Å². The molecule has 1 aliphatic heterocycles. The minimum absolute atomic E-state index is 0.00102. The Kier molecular flexibility index (Phi) is 4.75. The molecule has 138 valence electrons. The number of carbonyl (C=O) groups is 1. The second-order valence-electron chi connectivity index (χ2n) is 6.86. The molecule has 0 unspecified atom stereocenters. The maximum atomic E-state index is 13.2. The zero-order chi connectivity index (χ0) is 18.8. The summed E-state index contributed by atoms with van der Waals surface area (Å²) < 4.78 is 19.0. The van der Waals surface area contributed by atoms with E-state index in [1.54, 1.807) is 12.1 Å². The van der Waals surface area contributed by atoms with Gasteiger partial charge in [-0.25, -0.2) is 9.37 Å². The van der Waals surface area contributed by atoms with Crippen LogP contribution in [-0.2, 0) is 11.2 Å². The van der Waals surface area contributed by atoms with Gasteiger partial charge in [0.2, 0.25) is 11.8 Å². The van der Waals surface area contributed by atoms with E-state index >= 15 is 0 Å². The van der Waals surface area contributed by atoms with Gasteiger partial charge in [-0.3, -0.25) is 4.79 Å². The summed E-state index contributed by atoms with van der Waals surface area (Å²) in [7, 11) is 0. The number of benzene rings is 2. The van der Waals surface area contributed by atoms with Gasteiger partial charge in [-0.05, 0) is 49.6 Å². The zero-order valence-corrected chi connectivity index (χ0v) is 15.2. The standard InChI is InChI=1S/C22H21FN2O2/c1-15-19(24-22(27-15)17-6-3-2-4-7-17)14-21(26)25-13-5-8-20(25)16-9-11-18(23)12-10-16/h2-4,6-7,9-12,20H,5,8,13-14H2,1H3/t20-/m1/s1. The highest BCUT2D eigenvalue weighted by atomic mass is 19.1. The Morgan fingerprint density at radius 2 is 1.93 bits per heavy atom. The van der Waals surface area contributed by atoms with E-state index in [0.29, 0.717) is 23.9 Å². The molecule has 5 heteroatoms. The summed E-state index contributed by atoms with van der Waals surface area (Å²) in [4.78, 5) is 19.3. The SMILES string of the molecule is Cc1oc(-c2ccccc2)nc1CC(=O)N1CCC[C@@H]1c1ccc(F)cc1. The lowest BCUT2D eigenvalue weighted by Gasteiger charge is -2.25. The summed E-state index contributed by atoms with van der Waals surface area (Å²) in [5.74, 6) is 0.964. The van der Waals surface area contributed by atoms with Crippen molar-refractivity contribution in [3.63, 3.8) is 0 Å². The first kappa shape index (κ1) is 17.5. The van der Waals surface area contributed by atoms with Gasteiger partial charge in [0.1, 0.15) is 11.6 Å². The van der Waals surface area contributed by atoms with Crippen LogP contribution < -0.4 is 0 Å². The van der Waals surface area contributed by atoms with Crippen LogP contribution >= 0.6 is 0 Å². The van der Waals surface area contributed by atoms with Crippen LogP contribution in [0.1, 0.15) is 35.9 Å². The first-order valence-corrected chi connectivity index (χ1v) is 9.18. The predicted octanol–water partition coefficient (Wildman–Crippen LogP) is 4.70. The van der Waals surface area contributed by atoms with E-state index in [1.165, 1.54) is 12.1 Å². The highest BCUT2D eigenvalue weighted by molar-refractivity contribution is 5.79. The molecule has 3 aromatic rings. The summed E-state index contributed by atoms with van der Waals surface area (Å²) in [5, 5.41) is 0. The van der Waals surface area contributed by atoms with Gasteiger partial charge < -0.3 is 9.32 Å². The van der Waals surface area contributed by atoms with Crippen LogP contribution in [0.3, 0.4) is 0 Å². The topological polar surface area (TPSA) is 46.3 Å². The monoisotopic (exact) mass is 364 g/mol. The molecule has 0 radical (unpaired) electrons. The Morgan fingerprint density at radius 1 is 1.19 bits per heavy atom. The number of aromatic nitrogens is 1. The fraction of sp³-hybridized carbons (Fsp3) is 0.273. The smallest absolute Gasteiger partial charge is 0.229 e. The van der Waals surface area contributed by atoms with Gasteiger partial charge in [0.25, 0.3) is 0 Å². The molecule has 1 saturated heterocycles. The molecule has 27 heavy (non-hydrogen) atoms. The number of hydrogen-bond donors (Lipinski definition) is 0. The average Bonchev–Trinajstić information content (AvgIpc) is 3.31. The molecule has 1 aliphatic rings. The zero-order valence-electron chi connectivity index (χ0n) is 15.2. The molecule has 2 aromatic carbocycles. The predicted molar refractivity (Wildman–Crippen MR) is 100 cm³/mol. The summed E-state index contributed by atoms with van der Waals surface area (Å²) in [6.07, 6.45) is 2.05. The van der Waals surface area contributed by atoms with Gasteiger partial charge >= 0.3 is 0 Å². The summed E-state index contributed by atoms with van der Waals surface area (Å²) >= 11 is 0. The maximum absolute atomic E-state index is 13.2. The largest absolute Gasteiger partial charge is 0.441 e. The number of oxazole rings is 1. The lowest BCUT2D eigenvalue weighted by atomic mass is 10.0. The van der Waals surface area contributed by atoms with Crippen LogP contribution in [0.2, 0.25) is 0 Å². The molecule has 1 amide bonds. The molecule has 0 N–H and O–H groups in total. The maximum Gasteiger partial charge on any atom is 0.229 e. The molecule has 2 heterocycles. The molecule has 0 saturated carbocycles. The van der Waals surface area contributed by atoms with Gasteiger partial charge in [0, 0.05) is 12.1 Å². The summed E-state index contributed by atoms with van der Waals surface area (Å²) in [5.41, 5.74) is 2.54. The van der Waals surface area contributed by atoms with Gasteiger partial charge in [0.15, 0.2) is 0 Å². The van der Waals surface area contributed by atoms with Gasteiger partial charge in [0.05, 0.1) is 18.2 Å². The Morgan fingerprint density at radius 3 is 2.67 bits per heavy atom. The fourth-order valence-electron chi connectivity index (χ4n) is 3.64. The molecule has 4 rings (SSSR count).